The Morgan fingerprint density at radius 2 is 1.74 bits per heavy atom. The van der Waals surface area contributed by atoms with E-state index in [9.17, 15) is 9.59 Å². The van der Waals surface area contributed by atoms with Crippen molar-refractivity contribution < 1.29 is 23.8 Å². The molecule has 0 aliphatic heterocycles. The molecule has 0 bridgehead atoms. The van der Waals surface area contributed by atoms with Gasteiger partial charge < -0.3 is 14.2 Å². The summed E-state index contributed by atoms with van der Waals surface area (Å²) < 4.78 is 17.7. The predicted octanol–water partition coefficient (Wildman–Crippen LogP) is 5.16. The maximum Gasteiger partial charge on any atom is 0.429 e. The molecular formula is C23H25ClN2O5. The SMILES string of the molecule is COC(=O)c1cn(N(Cc2ccc(Cl)cc2)C(=O)OC(C)(C)C)c2c(OC)cccc12. The molecule has 3 rings (SSSR count). The van der Waals surface area contributed by atoms with Crippen LogP contribution in [0.5, 0.6) is 5.75 Å². The van der Waals surface area contributed by atoms with Crippen LogP contribution in [-0.4, -0.2) is 36.6 Å². The largest absolute Gasteiger partial charge is 0.494 e. The summed E-state index contributed by atoms with van der Waals surface area (Å²) in [6, 6.07) is 12.4. The molecule has 1 heterocycles. The molecular weight excluding hydrogens is 420 g/mol. The van der Waals surface area contributed by atoms with Crippen LogP contribution in [0, 0.1) is 0 Å². The molecule has 0 radical (unpaired) electrons. The van der Waals surface area contributed by atoms with Gasteiger partial charge in [0.1, 0.15) is 16.9 Å². The second kappa shape index (κ2) is 8.89. The average Bonchev–Trinajstić information content (AvgIpc) is 3.11. The van der Waals surface area contributed by atoms with Crippen molar-refractivity contribution in [3.8, 4) is 5.75 Å². The van der Waals surface area contributed by atoms with Gasteiger partial charge in [-0.05, 0) is 44.5 Å². The molecule has 7 nitrogen and oxygen atoms in total. The van der Waals surface area contributed by atoms with E-state index in [-0.39, 0.29) is 6.54 Å². The molecule has 31 heavy (non-hydrogen) atoms. The van der Waals surface area contributed by atoms with Crippen LogP contribution in [0.3, 0.4) is 0 Å². The minimum atomic E-state index is -0.715. The van der Waals surface area contributed by atoms with E-state index in [0.29, 0.717) is 27.2 Å². The number of para-hydroxylation sites is 1. The lowest BCUT2D eigenvalue weighted by atomic mass is 10.1. The number of hydrogen-bond donors (Lipinski definition) is 0. The first-order valence-corrected chi connectivity index (χ1v) is 10.0. The summed E-state index contributed by atoms with van der Waals surface area (Å²) in [6.45, 7) is 5.55. The lowest BCUT2D eigenvalue weighted by Gasteiger charge is -2.29. The van der Waals surface area contributed by atoms with Crippen LogP contribution in [0.1, 0.15) is 36.7 Å². The summed E-state index contributed by atoms with van der Waals surface area (Å²) in [7, 11) is 2.84. The van der Waals surface area contributed by atoms with Gasteiger partial charge in [0.15, 0.2) is 0 Å². The van der Waals surface area contributed by atoms with E-state index in [1.807, 2.05) is 12.1 Å². The standard InChI is InChI=1S/C23H25ClN2O5/c1-23(2,3)31-22(28)26(13-15-9-11-16(24)12-10-15)25-14-18(21(27)30-5)17-7-6-8-19(29-4)20(17)25/h6-12,14H,13H2,1-5H3. The van der Waals surface area contributed by atoms with E-state index in [0.717, 1.165) is 5.56 Å². The molecule has 0 unspecified atom stereocenters. The summed E-state index contributed by atoms with van der Waals surface area (Å²) in [4.78, 5) is 25.7. The van der Waals surface area contributed by atoms with E-state index in [1.54, 1.807) is 62.0 Å². The van der Waals surface area contributed by atoms with E-state index >= 15 is 0 Å². The average molecular weight is 445 g/mol. The molecule has 0 fully saturated rings. The Balaban J connectivity index is 2.20. The van der Waals surface area contributed by atoms with Crippen molar-refractivity contribution >= 4 is 34.6 Å². The predicted molar refractivity (Wildman–Crippen MR) is 119 cm³/mol. The number of hydrogen-bond acceptors (Lipinski definition) is 5. The van der Waals surface area contributed by atoms with Crippen LogP contribution in [0.15, 0.2) is 48.7 Å². The van der Waals surface area contributed by atoms with Gasteiger partial charge in [0.2, 0.25) is 0 Å². The number of methoxy groups -OCH3 is 2. The quantitative estimate of drug-likeness (QED) is 0.508. The van der Waals surface area contributed by atoms with Gasteiger partial charge in [0.25, 0.3) is 0 Å². The van der Waals surface area contributed by atoms with Crippen molar-refractivity contribution in [3.63, 3.8) is 0 Å². The highest BCUT2D eigenvalue weighted by molar-refractivity contribution is 6.30. The Morgan fingerprint density at radius 3 is 2.32 bits per heavy atom. The van der Waals surface area contributed by atoms with Crippen LogP contribution >= 0.6 is 11.6 Å². The van der Waals surface area contributed by atoms with Gasteiger partial charge in [-0.25, -0.2) is 14.6 Å². The van der Waals surface area contributed by atoms with Crippen molar-refractivity contribution in [2.24, 2.45) is 0 Å². The van der Waals surface area contributed by atoms with Crippen molar-refractivity contribution in [1.82, 2.24) is 4.68 Å². The normalized spacial score (nSPS) is 11.3. The van der Waals surface area contributed by atoms with Crippen molar-refractivity contribution in [2.75, 3.05) is 19.2 Å². The van der Waals surface area contributed by atoms with E-state index in [4.69, 9.17) is 25.8 Å². The molecule has 0 aliphatic carbocycles. The summed E-state index contributed by atoms with van der Waals surface area (Å²) in [6.07, 6.45) is 0.973. The first-order valence-electron chi connectivity index (χ1n) is 9.66. The Hall–Kier alpha value is -3.19. The number of halogens is 1. The minimum Gasteiger partial charge on any atom is -0.494 e. The second-order valence-electron chi connectivity index (χ2n) is 7.90. The lowest BCUT2D eigenvalue weighted by molar-refractivity contribution is 0.0532. The fraction of sp³-hybridized carbons (Fsp3) is 0.304. The van der Waals surface area contributed by atoms with Crippen molar-refractivity contribution in [1.29, 1.82) is 0 Å². The van der Waals surface area contributed by atoms with E-state index in [1.165, 1.54) is 19.2 Å². The third kappa shape index (κ3) is 4.94. The number of aromatic nitrogens is 1. The number of nitrogens with zero attached hydrogens (tertiary/aromatic N) is 2. The first-order chi connectivity index (χ1) is 14.6. The molecule has 164 valence electrons. The highest BCUT2D eigenvalue weighted by Gasteiger charge is 2.28. The highest BCUT2D eigenvalue weighted by Crippen LogP contribution is 2.31. The van der Waals surface area contributed by atoms with Gasteiger partial charge >= 0.3 is 12.1 Å². The zero-order valence-electron chi connectivity index (χ0n) is 18.1. The minimum absolute atomic E-state index is 0.175. The number of benzene rings is 2. The maximum absolute atomic E-state index is 13.2. The van der Waals surface area contributed by atoms with Crippen molar-refractivity contribution in [3.05, 3.63) is 64.8 Å². The molecule has 0 saturated heterocycles. The molecule has 0 atom stereocenters. The monoisotopic (exact) mass is 444 g/mol. The Morgan fingerprint density at radius 1 is 1.06 bits per heavy atom. The van der Waals surface area contributed by atoms with Gasteiger partial charge in [-0.1, -0.05) is 35.9 Å². The van der Waals surface area contributed by atoms with Crippen LogP contribution in [-0.2, 0) is 16.0 Å². The number of carbonyl (C=O) groups excluding carboxylic acids is 2. The van der Waals surface area contributed by atoms with Gasteiger partial charge in [0.05, 0.1) is 26.3 Å². The molecule has 3 aromatic rings. The summed E-state index contributed by atoms with van der Waals surface area (Å²) in [5.74, 6) is -0.0232. The van der Waals surface area contributed by atoms with Gasteiger partial charge in [-0.2, -0.15) is 0 Å². The van der Waals surface area contributed by atoms with Crippen LogP contribution in [0.25, 0.3) is 10.9 Å². The number of fused-ring (bicyclic) bond motifs is 1. The molecule has 2 aromatic carbocycles. The topological polar surface area (TPSA) is 70.0 Å². The Bertz CT molecular complexity index is 1100. The number of esters is 1. The van der Waals surface area contributed by atoms with Gasteiger partial charge in [0, 0.05) is 16.6 Å². The third-order valence-corrected chi connectivity index (χ3v) is 4.76. The molecule has 0 N–H and O–H groups in total. The second-order valence-corrected chi connectivity index (χ2v) is 8.34. The Labute approximate surface area is 186 Å². The molecule has 1 aromatic heterocycles. The zero-order chi connectivity index (χ0) is 22.8. The molecule has 0 spiro atoms. The highest BCUT2D eigenvalue weighted by atomic mass is 35.5. The molecule has 1 amide bonds. The van der Waals surface area contributed by atoms with Crippen LogP contribution < -0.4 is 9.75 Å². The van der Waals surface area contributed by atoms with E-state index < -0.39 is 17.7 Å². The molecule has 0 aliphatic rings. The smallest absolute Gasteiger partial charge is 0.429 e. The number of carbonyl (C=O) groups is 2. The van der Waals surface area contributed by atoms with Crippen LogP contribution in [0.4, 0.5) is 4.79 Å². The number of amides is 1. The Kier molecular flexibility index (Phi) is 6.45. The molecule has 0 saturated carbocycles. The van der Waals surface area contributed by atoms with Gasteiger partial charge in [-0.15, -0.1) is 0 Å². The lowest BCUT2D eigenvalue weighted by Crippen LogP contribution is -2.43. The summed E-state index contributed by atoms with van der Waals surface area (Å²) in [5.41, 5.74) is 0.964. The first kappa shape index (κ1) is 22.5. The number of rotatable bonds is 5. The summed E-state index contributed by atoms with van der Waals surface area (Å²) in [5, 5.41) is 2.59. The third-order valence-electron chi connectivity index (χ3n) is 4.50. The van der Waals surface area contributed by atoms with Crippen molar-refractivity contribution in [2.45, 2.75) is 32.9 Å². The number of ether oxygens (including phenoxy) is 3. The van der Waals surface area contributed by atoms with E-state index in [2.05, 4.69) is 0 Å². The zero-order valence-corrected chi connectivity index (χ0v) is 18.9. The molecule has 8 heteroatoms. The van der Waals surface area contributed by atoms with Gasteiger partial charge in [-0.3, -0.25) is 4.68 Å². The maximum atomic E-state index is 13.2. The fourth-order valence-corrected chi connectivity index (χ4v) is 3.29. The van der Waals surface area contributed by atoms with Crippen LogP contribution in [0.2, 0.25) is 5.02 Å². The summed E-state index contributed by atoms with van der Waals surface area (Å²) >= 11 is 6.01. The fourth-order valence-electron chi connectivity index (χ4n) is 3.17.